The van der Waals surface area contributed by atoms with Gasteiger partial charge in [-0.05, 0) is 92.3 Å². The summed E-state index contributed by atoms with van der Waals surface area (Å²) in [5.74, 6) is 0.895. The second-order valence-corrected chi connectivity index (χ2v) is 7.74. The first-order valence-electron chi connectivity index (χ1n) is 7.14. The Labute approximate surface area is 156 Å². The van der Waals surface area contributed by atoms with Gasteiger partial charge in [0.25, 0.3) is 0 Å². The van der Waals surface area contributed by atoms with Crippen LogP contribution < -0.4 is 10.1 Å². The lowest BCUT2D eigenvalue weighted by atomic mass is 10.1. The van der Waals surface area contributed by atoms with Crippen molar-refractivity contribution in [3.05, 3.63) is 25.0 Å². The maximum Gasteiger partial charge on any atom is 0.237 e. The summed E-state index contributed by atoms with van der Waals surface area (Å²) in [6, 6.07) is 2.00. The maximum atomic E-state index is 12.2. The van der Waals surface area contributed by atoms with Crippen molar-refractivity contribution in [3.8, 4) is 5.75 Å². The first-order valence-corrected chi connectivity index (χ1v) is 9.52. The summed E-state index contributed by atoms with van der Waals surface area (Å²) in [6.07, 6.45) is 2.78. The van der Waals surface area contributed by atoms with Gasteiger partial charge in [-0.1, -0.05) is 0 Å². The fourth-order valence-electron chi connectivity index (χ4n) is 2.64. The quantitative estimate of drug-likeness (QED) is 0.629. The molecule has 22 heavy (non-hydrogen) atoms. The van der Waals surface area contributed by atoms with Crippen LogP contribution in [0, 0.1) is 0 Å². The summed E-state index contributed by atoms with van der Waals surface area (Å²) in [6.45, 7) is 1.61. The number of hydrogen-bond donors (Lipinski definition) is 1. The van der Waals surface area contributed by atoms with Gasteiger partial charge in [-0.25, -0.2) is 0 Å². The Hall–Kier alpha value is -0.110. The van der Waals surface area contributed by atoms with Crippen molar-refractivity contribution in [2.45, 2.75) is 25.3 Å². The number of methoxy groups -OCH3 is 1. The fraction of sp³-hybridized carbons (Fsp3) is 0.533. The third-order valence-corrected chi connectivity index (χ3v) is 7.48. The van der Waals surface area contributed by atoms with Gasteiger partial charge in [-0.3, -0.25) is 9.69 Å². The molecule has 1 saturated heterocycles. The normalized spacial score (nSPS) is 18.5. The maximum absolute atomic E-state index is 12.2. The number of nitrogens with zero attached hydrogens (tertiary/aromatic N) is 1. The Bertz CT molecular complexity index is 566. The van der Waals surface area contributed by atoms with Crippen molar-refractivity contribution in [2.75, 3.05) is 27.2 Å². The van der Waals surface area contributed by atoms with Gasteiger partial charge in [0.2, 0.25) is 5.91 Å². The molecule has 1 heterocycles. The topological polar surface area (TPSA) is 41.6 Å². The molecule has 0 saturated carbocycles. The van der Waals surface area contributed by atoms with E-state index in [1.165, 1.54) is 0 Å². The number of carbonyl (C=O) groups excluding carboxylic acids is 1. The van der Waals surface area contributed by atoms with Crippen molar-refractivity contribution in [2.24, 2.45) is 0 Å². The van der Waals surface area contributed by atoms with Crippen LogP contribution in [0.5, 0.6) is 5.75 Å². The lowest BCUT2D eigenvalue weighted by Crippen LogP contribution is -2.42. The summed E-state index contributed by atoms with van der Waals surface area (Å²) in [5.41, 5.74) is 1.09. The van der Waals surface area contributed by atoms with Crippen LogP contribution in [-0.2, 0) is 11.2 Å². The molecule has 0 radical (unpaired) electrons. The smallest absolute Gasteiger partial charge is 0.237 e. The summed E-state index contributed by atoms with van der Waals surface area (Å²) in [4.78, 5) is 14.3. The van der Waals surface area contributed by atoms with Crippen molar-refractivity contribution < 1.29 is 9.53 Å². The van der Waals surface area contributed by atoms with Gasteiger partial charge in [-0.15, -0.1) is 0 Å². The first-order chi connectivity index (χ1) is 10.5. The average Bonchev–Trinajstić information content (AvgIpc) is 2.93. The summed E-state index contributed by atoms with van der Waals surface area (Å²) < 4.78 is 8.13. The van der Waals surface area contributed by atoms with Crippen molar-refractivity contribution >= 4 is 53.7 Å². The third kappa shape index (κ3) is 4.04. The van der Waals surface area contributed by atoms with Gasteiger partial charge in [-0.2, -0.15) is 0 Å². The van der Waals surface area contributed by atoms with Crippen LogP contribution in [0.4, 0.5) is 0 Å². The second kappa shape index (κ2) is 8.13. The Morgan fingerprint density at radius 3 is 2.68 bits per heavy atom. The molecule has 1 aromatic carbocycles. The molecule has 1 aromatic rings. The van der Waals surface area contributed by atoms with Crippen LogP contribution in [0.2, 0.25) is 0 Å². The van der Waals surface area contributed by atoms with Crippen LogP contribution in [0.25, 0.3) is 0 Å². The van der Waals surface area contributed by atoms with Gasteiger partial charge in [0.15, 0.2) is 0 Å². The molecular weight excluding hydrogens is 480 g/mol. The number of halogens is 3. The van der Waals surface area contributed by atoms with E-state index < -0.39 is 0 Å². The predicted molar refractivity (Wildman–Crippen MR) is 98.5 cm³/mol. The van der Waals surface area contributed by atoms with E-state index in [0.717, 1.165) is 50.5 Å². The molecule has 1 atom stereocenters. The molecule has 4 nitrogen and oxygen atoms in total. The standard InChI is InChI=1S/C15H19Br3N2O2/c1-20-7-3-4-10(20)15(21)19-6-5-9-8-11(22-2)13(17)14(18)12(9)16/h8,10H,3-7H2,1-2H3,(H,19,21). The molecule has 0 aromatic heterocycles. The number of amides is 1. The number of carbonyl (C=O) groups is 1. The molecule has 1 fully saturated rings. The molecule has 2 rings (SSSR count). The molecule has 1 unspecified atom stereocenters. The van der Waals surface area contributed by atoms with E-state index in [1.54, 1.807) is 7.11 Å². The van der Waals surface area contributed by atoms with Crippen molar-refractivity contribution in [1.29, 1.82) is 0 Å². The third-order valence-electron chi connectivity index (χ3n) is 3.93. The molecule has 1 aliphatic rings. The van der Waals surface area contributed by atoms with E-state index in [0.29, 0.717) is 6.54 Å². The SMILES string of the molecule is COc1cc(CCNC(=O)C2CCCN2C)c(Br)c(Br)c1Br. The van der Waals surface area contributed by atoms with E-state index in [1.807, 2.05) is 13.1 Å². The minimum absolute atomic E-state index is 0.0228. The average molecular weight is 499 g/mol. The molecule has 122 valence electrons. The van der Waals surface area contributed by atoms with E-state index in [4.69, 9.17) is 4.74 Å². The van der Waals surface area contributed by atoms with Gasteiger partial charge in [0.05, 0.1) is 17.6 Å². The summed E-state index contributed by atoms with van der Waals surface area (Å²) in [7, 11) is 3.65. The van der Waals surface area contributed by atoms with Crippen molar-refractivity contribution in [1.82, 2.24) is 10.2 Å². The van der Waals surface area contributed by atoms with Gasteiger partial charge < -0.3 is 10.1 Å². The minimum Gasteiger partial charge on any atom is -0.496 e. The second-order valence-electron chi connectivity index (χ2n) is 5.36. The van der Waals surface area contributed by atoms with E-state index in [2.05, 4.69) is 58.0 Å². The molecule has 0 spiro atoms. The summed E-state index contributed by atoms with van der Waals surface area (Å²) >= 11 is 10.6. The largest absolute Gasteiger partial charge is 0.496 e. The molecule has 1 N–H and O–H groups in total. The zero-order valence-corrected chi connectivity index (χ0v) is 17.3. The van der Waals surface area contributed by atoms with Crippen molar-refractivity contribution in [3.63, 3.8) is 0 Å². The van der Waals surface area contributed by atoms with Crippen LogP contribution in [0.15, 0.2) is 19.5 Å². The number of hydrogen-bond acceptors (Lipinski definition) is 3. The number of nitrogens with one attached hydrogen (secondary N) is 1. The zero-order valence-electron chi connectivity index (χ0n) is 12.6. The molecule has 0 aliphatic carbocycles. The number of rotatable bonds is 5. The highest BCUT2D eigenvalue weighted by atomic mass is 79.9. The Morgan fingerprint density at radius 1 is 1.36 bits per heavy atom. The molecule has 7 heteroatoms. The van der Waals surface area contributed by atoms with E-state index >= 15 is 0 Å². The number of likely N-dealkylation sites (N-methyl/N-ethyl adjacent to an activating group) is 1. The lowest BCUT2D eigenvalue weighted by molar-refractivity contribution is -0.125. The van der Waals surface area contributed by atoms with Crippen LogP contribution in [0.3, 0.4) is 0 Å². The monoisotopic (exact) mass is 496 g/mol. The zero-order chi connectivity index (χ0) is 16.3. The van der Waals surface area contributed by atoms with E-state index in [9.17, 15) is 4.79 Å². The van der Waals surface area contributed by atoms with E-state index in [-0.39, 0.29) is 11.9 Å². The highest BCUT2D eigenvalue weighted by molar-refractivity contribution is 9.14. The summed E-state index contributed by atoms with van der Waals surface area (Å²) in [5, 5.41) is 3.03. The minimum atomic E-state index is 0.0228. The Morgan fingerprint density at radius 2 is 2.09 bits per heavy atom. The van der Waals surface area contributed by atoms with Crippen LogP contribution >= 0.6 is 47.8 Å². The molecule has 1 aliphatic heterocycles. The first kappa shape index (κ1) is 18.2. The highest BCUT2D eigenvalue weighted by Crippen LogP contribution is 2.40. The predicted octanol–water partition coefficient (Wildman–Crippen LogP) is 3.74. The number of ether oxygens (including phenoxy) is 1. The van der Waals surface area contributed by atoms with Crippen LogP contribution in [-0.4, -0.2) is 44.1 Å². The fourth-order valence-corrected chi connectivity index (χ4v) is 4.34. The van der Waals surface area contributed by atoms with Gasteiger partial charge >= 0.3 is 0 Å². The van der Waals surface area contributed by atoms with Gasteiger partial charge in [0, 0.05) is 15.5 Å². The lowest BCUT2D eigenvalue weighted by Gasteiger charge is -2.19. The van der Waals surface area contributed by atoms with Gasteiger partial charge in [0.1, 0.15) is 5.75 Å². The highest BCUT2D eigenvalue weighted by Gasteiger charge is 2.27. The van der Waals surface area contributed by atoms with Crippen LogP contribution in [0.1, 0.15) is 18.4 Å². The Balaban J connectivity index is 1.97. The number of benzene rings is 1. The molecule has 0 bridgehead atoms. The molecule has 1 amide bonds. The Kier molecular flexibility index (Phi) is 6.73. The number of likely N-dealkylation sites (tertiary alicyclic amines) is 1. The molecular formula is C15H19Br3N2O2.